The molecular formula is C13H17ClN2O5. The zero-order valence-corrected chi connectivity index (χ0v) is 12.5. The van der Waals surface area contributed by atoms with Gasteiger partial charge >= 0.3 is 5.97 Å². The maximum atomic E-state index is 11.2. The highest BCUT2D eigenvalue weighted by Crippen LogP contribution is 2.31. The third kappa shape index (κ3) is 5.20. The summed E-state index contributed by atoms with van der Waals surface area (Å²) >= 11 is 5.91. The molecule has 1 rings (SSSR count). The van der Waals surface area contributed by atoms with Crippen LogP contribution in [0.1, 0.15) is 24.2 Å². The fourth-order valence-corrected chi connectivity index (χ4v) is 1.89. The third-order valence-electron chi connectivity index (χ3n) is 2.52. The number of hydrogen-bond donors (Lipinski definition) is 2. The number of hydrogen-bond acceptors (Lipinski definition) is 5. The molecule has 116 valence electrons. The van der Waals surface area contributed by atoms with E-state index >= 15 is 0 Å². The second kappa shape index (κ2) is 7.80. The summed E-state index contributed by atoms with van der Waals surface area (Å²) in [6, 6.07) is 2.09. The van der Waals surface area contributed by atoms with Gasteiger partial charge in [0, 0.05) is 25.3 Å². The number of anilines is 1. The minimum absolute atomic E-state index is 0.00883. The number of aromatic carboxylic acids is 1. The molecule has 7 nitrogen and oxygen atoms in total. The van der Waals surface area contributed by atoms with E-state index in [0.29, 0.717) is 25.7 Å². The van der Waals surface area contributed by atoms with Crippen molar-refractivity contribution in [2.24, 2.45) is 5.92 Å². The van der Waals surface area contributed by atoms with Crippen LogP contribution in [0.3, 0.4) is 0 Å². The fourth-order valence-electron chi connectivity index (χ4n) is 1.61. The minimum Gasteiger partial charge on any atom is -0.478 e. The molecule has 0 heterocycles. The molecule has 0 fully saturated rings. The van der Waals surface area contributed by atoms with Crippen molar-refractivity contribution in [1.29, 1.82) is 0 Å². The van der Waals surface area contributed by atoms with Crippen LogP contribution in [-0.4, -0.2) is 35.8 Å². The maximum Gasteiger partial charge on any atom is 0.338 e. The number of benzene rings is 1. The lowest BCUT2D eigenvalue weighted by Gasteiger charge is -2.12. The van der Waals surface area contributed by atoms with Gasteiger partial charge in [-0.15, -0.1) is 0 Å². The van der Waals surface area contributed by atoms with Crippen LogP contribution in [-0.2, 0) is 4.74 Å². The van der Waals surface area contributed by atoms with E-state index in [2.05, 4.69) is 5.32 Å². The number of ether oxygens (including phenoxy) is 1. The van der Waals surface area contributed by atoms with Gasteiger partial charge in [0.15, 0.2) is 0 Å². The molecule has 0 aliphatic rings. The summed E-state index contributed by atoms with van der Waals surface area (Å²) < 4.78 is 5.36. The van der Waals surface area contributed by atoms with E-state index in [-0.39, 0.29) is 22.0 Å². The number of carboxylic acid groups (broad SMARTS) is 1. The van der Waals surface area contributed by atoms with Gasteiger partial charge in [-0.1, -0.05) is 25.4 Å². The summed E-state index contributed by atoms with van der Waals surface area (Å²) in [6.07, 6.45) is 0. The first-order valence-corrected chi connectivity index (χ1v) is 6.73. The van der Waals surface area contributed by atoms with Crippen LogP contribution in [0.2, 0.25) is 5.02 Å². The largest absolute Gasteiger partial charge is 0.478 e. The average molecular weight is 317 g/mol. The highest BCUT2D eigenvalue weighted by Gasteiger charge is 2.19. The Hall–Kier alpha value is -1.86. The first-order chi connectivity index (χ1) is 9.82. The van der Waals surface area contributed by atoms with Crippen molar-refractivity contribution in [2.45, 2.75) is 13.8 Å². The van der Waals surface area contributed by atoms with Crippen molar-refractivity contribution in [3.05, 3.63) is 32.8 Å². The predicted molar refractivity (Wildman–Crippen MR) is 79.2 cm³/mol. The molecular weight excluding hydrogens is 300 g/mol. The van der Waals surface area contributed by atoms with Gasteiger partial charge < -0.3 is 15.2 Å². The van der Waals surface area contributed by atoms with Crippen molar-refractivity contribution < 1.29 is 19.6 Å². The molecule has 2 N–H and O–H groups in total. The molecule has 0 unspecified atom stereocenters. The van der Waals surface area contributed by atoms with Crippen molar-refractivity contribution in [1.82, 2.24) is 0 Å². The third-order valence-corrected chi connectivity index (χ3v) is 2.81. The highest BCUT2D eigenvalue weighted by molar-refractivity contribution is 6.34. The van der Waals surface area contributed by atoms with E-state index in [1.165, 1.54) is 0 Å². The molecule has 0 spiro atoms. The summed E-state index contributed by atoms with van der Waals surface area (Å²) in [5, 5.41) is 22.7. The lowest BCUT2D eigenvalue weighted by atomic mass is 10.1. The number of non-ortho nitro benzene ring substituents is 1. The Kier molecular flexibility index (Phi) is 6.39. The SMILES string of the molecule is CC(C)COCCNc1c(Cl)cc([N+](=O)[O-])cc1C(=O)O. The number of nitrogens with zero attached hydrogens (tertiary/aromatic N) is 1. The molecule has 0 bridgehead atoms. The molecule has 0 aliphatic carbocycles. The molecule has 0 saturated carbocycles. The lowest BCUT2D eigenvalue weighted by molar-refractivity contribution is -0.384. The van der Waals surface area contributed by atoms with Gasteiger partial charge in [-0.2, -0.15) is 0 Å². The van der Waals surface area contributed by atoms with Crippen LogP contribution < -0.4 is 5.32 Å². The van der Waals surface area contributed by atoms with Crippen molar-refractivity contribution in [3.63, 3.8) is 0 Å². The Morgan fingerprint density at radius 2 is 2.19 bits per heavy atom. The van der Waals surface area contributed by atoms with Gasteiger partial charge in [-0.25, -0.2) is 4.79 Å². The standard InChI is InChI=1S/C13H17ClN2O5/c1-8(2)7-21-4-3-15-12-10(13(17)18)5-9(16(19)20)6-11(12)14/h5-6,8,15H,3-4,7H2,1-2H3,(H,17,18). The monoisotopic (exact) mass is 316 g/mol. The Morgan fingerprint density at radius 1 is 1.52 bits per heavy atom. The van der Waals surface area contributed by atoms with Gasteiger partial charge in [0.25, 0.3) is 5.69 Å². The van der Waals surface area contributed by atoms with Gasteiger partial charge in [0.2, 0.25) is 0 Å². The molecule has 21 heavy (non-hydrogen) atoms. The van der Waals surface area contributed by atoms with Crippen LogP contribution in [0.5, 0.6) is 0 Å². The van der Waals surface area contributed by atoms with Crippen molar-refractivity contribution in [3.8, 4) is 0 Å². The lowest BCUT2D eigenvalue weighted by Crippen LogP contribution is -2.14. The Bertz CT molecular complexity index is 534. The van der Waals surface area contributed by atoms with Crippen LogP contribution in [0, 0.1) is 16.0 Å². The van der Waals surface area contributed by atoms with Gasteiger partial charge in [-0.3, -0.25) is 10.1 Å². The molecule has 0 saturated heterocycles. The number of nitrogens with one attached hydrogen (secondary N) is 1. The first-order valence-electron chi connectivity index (χ1n) is 6.35. The molecule has 8 heteroatoms. The molecule has 1 aromatic rings. The fraction of sp³-hybridized carbons (Fsp3) is 0.462. The van der Waals surface area contributed by atoms with E-state index in [1.54, 1.807) is 0 Å². The van der Waals surface area contributed by atoms with E-state index in [1.807, 2.05) is 13.8 Å². The summed E-state index contributed by atoms with van der Waals surface area (Å²) in [6.45, 7) is 5.36. The summed E-state index contributed by atoms with van der Waals surface area (Å²) in [4.78, 5) is 21.2. The number of nitro benzene ring substituents is 1. The second-order valence-corrected chi connectivity index (χ2v) is 5.22. The smallest absolute Gasteiger partial charge is 0.338 e. The number of nitro groups is 1. The van der Waals surface area contributed by atoms with Gasteiger partial charge in [0.05, 0.1) is 27.8 Å². The number of halogens is 1. The Morgan fingerprint density at radius 3 is 2.71 bits per heavy atom. The molecule has 0 radical (unpaired) electrons. The molecule has 1 aromatic carbocycles. The predicted octanol–water partition coefficient (Wildman–Crippen LogP) is 3.03. The number of rotatable bonds is 8. The minimum atomic E-state index is -1.29. The molecule has 0 aliphatic heterocycles. The summed E-state index contributed by atoms with van der Waals surface area (Å²) in [7, 11) is 0. The van der Waals surface area contributed by atoms with Gasteiger partial charge in [0.1, 0.15) is 0 Å². The quantitative estimate of drug-likeness (QED) is 0.434. The number of carboxylic acids is 1. The first kappa shape index (κ1) is 17.2. The molecule has 0 atom stereocenters. The average Bonchev–Trinajstić information content (AvgIpc) is 2.38. The van der Waals surface area contributed by atoms with Crippen LogP contribution in [0.15, 0.2) is 12.1 Å². The zero-order valence-electron chi connectivity index (χ0n) is 11.8. The summed E-state index contributed by atoms with van der Waals surface area (Å²) in [5.41, 5.74) is -0.444. The van der Waals surface area contributed by atoms with E-state index in [9.17, 15) is 14.9 Å². The Balaban J connectivity index is 2.81. The Labute approximate surface area is 127 Å². The van der Waals surface area contributed by atoms with E-state index in [0.717, 1.165) is 12.1 Å². The normalized spacial score (nSPS) is 10.7. The highest BCUT2D eigenvalue weighted by atomic mass is 35.5. The topological polar surface area (TPSA) is 102 Å². The van der Waals surface area contributed by atoms with Crippen LogP contribution >= 0.6 is 11.6 Å². The van der Waals surface area contributed by atoms with E-state index < -0.39 is 10.9 Å². The summed E-state index contributed by atoms with van der Waals surface area (Å²) in [5.74, 6) is -0.881. The second-order valence-electron chi connectivity index (χ2n) is 4.81. The molecule has 0 aromatic heterocycles. The number of carbonyl (C=O) groups is 1. The molecule has 0 amide bonds. The van der Waals surface area contributed by atoms with Crippen LogP contribution in [0.25, 0.3) is 0 Å². The maximum absolute atomic E-state index is 11.2. The zero-order chi connectivity index (χ0) is 16.0. The van der Waals surface area contributed by atoms with Crippen molar-refractivity contribution in [2.75, 3.05) is 25.1 Å². The van der Waals surface area contributed by atoms with E-state index in [4.69, 9.17) is 21.4 Å². The van der Waals surface area contributed by atoms with Crippen LogP contribution in [0.4, 0.5) is 11.4 Å². The van der Waals surface area contributed by atoms with Crippen molar-refractivity contribution >= 4 is 28.9 Å². The van der Waals surface area contributed by atoms with Gasteiger partial charge in [-0.05, 0) is 5.92 Å².